The van der Waals surface area contributed by atoms with Gasteiger partial charge in [-0.1, -0.05) is 30.3 Å². The topological polar surface area (TPSA) is 3.24 Å². The van der Waals surface area contributed by atoms with E-state index in [1.54, 1.807) is 0 Å². The van der Waals surface area contributed by atoms with Gasteiger partial charge in [0.15, 0.2) is 0 Å². The Hall–Kier alpha value is -0.820. The second-order valence-electron chi connectivity index (χ2n) is 4.62. The summed E-state index contributed by atoms with van der Waals surface area (Å²) in [5, 5.41) is 0. The van der Waals surface area contributed by atoms with Gasteiger partial charge in [0.05, 0.1) is 0 Å². The predicted molar refractivity (Wildman–Crippen MR) is 64.4 cm³/mol. The van der Waals surface area contributed by atoms with E-state index < -0.39 is 0 Å². The van der Waals surface area contributed by atoms with E-state index in [0.717, 1.165) is 6.54 Å². The van der Waals surface area contributed by atoms with Gasteiger partial charge < -0.3 is 0 Å². The maximum atomic E-state index is 2.61. The smallest absolute Gasteiger partial charge is 0.0239 e. The summed E-state index contributed by atoms with van der Waals surface area (Å²) in [5.41, 5.74) is 1.43. The first kappa shape index (κ1) is 10.7. The van der Waals surface area contributed by atoms with E-state index >= 15 is 0 Å². The molecule has 1 nitrogen and oxygen atoms in total. The molecule has 0 saturated carbocycles. The largest absolute Gasteiger partial charge is 0.294 e. The lowest BCUT2D eigenvalue weighted by Crippen LogP contribution is -2.43. The van der Waals surface area contributed by atoms with Crippen LogP contribution in [0.3, 0.4) is 0 Å². The van der Waals surface area contributed by atoms with Crippen molar-refractivity contribution in [1.82, 2.24) is 4.90 Å². The molecule has 1 saturated heterocycles. The van der Waals surface area contributed by atoms with Crippen molar-refractivity contribution in [2.24, 2.45) is 0 Å². The van der Waals surface area contributed by atoms with Crippen molar-refractivity contribution in [3.63, 3.8) is 0 Å². The van der Waals surface area contributed by atoms with Gasteiger partial charge in [0.2, 0.25) is 0 Å². The standard InChI is InChI=1S/C14H20N/c1-12-7-6-8-13(2)15(12)11-14-9-4-3-5-10-14/h3-6,9-10,12-13H,7-8,11H2,1-2H3. The molecule has 15 heavy (non-hydrogen) atoms. The summed E-state index contributed by atoms with van der Waals surface area (Å²) in [6, 6.07) is 12.2. The number of hydrogen-bond donors (Lipinski definition) is 0. The van der Waals surface area contributed by atoms with E-state index in [2.05, 4.69) is 55.5 Å². The van der Waals surface area contributed by atoms with Crippen molar-refractivity contribution in [3.05, 3.63) is 42.3 Å². The molecule has 1 heterocycles. The maximum absolute atomic E-state index is 2.61. The molecular weight excluding hydrogens is 182 g/mol. The van der Waals surface area contributed by atoms with Crippen molar-refractivity contribution in [1.29, 1.82) is 0 Å². The van der Waals surface area contributed by atoms with Gasteiger partial charge in [-0.25, -0.2) is 0 Å². The van der Waals surface area contributed by atoms with Crippen molar-refractivity contribution in [2.75, 3.05) is 0 Å². The van der Waals surface area contributed by atoms with E-state index in [4.69, 9.17) is 0 Å². The average molecular weight is 202 g/mol. The van der Waals surface area contributed by atoms with Crippen molar-refractivity contribution in [3.8, 4) is 0 Å². The molecule has 1 aromatic rings. The fourth-order valence-corrected chi connectivity index (χ4v) is 2.39. The lowest BCUT2D eigenvalue weighted by atomic mass is 9.97. The second kappa shape index (κ2) is 4.80. The lowest BCUT2D eigenvalue weighted by molar-refractivity contribution is 0.117. The summed E-state index contributed by atoms with van der Waals surface area (Å²) >= 11 is 0. The monoisotopic (exact) mass is 202 g/mol. The fraction of sp³-hybridized carbons (Fsp3) is 0.500. The Bertz CT molecular complexity index is 283. The number of piperidine rings is 1. The summed E-state index contributed by atoms with van der Waals surface area (Å²) in [6.07, 6.45) is 4.89. The number of nitrogens with zero attached hydrogens (tertiary/aromatic N) is 1. The van der Waals surface area contributed by atoms with Gasteiger partial charge in [0.25, 0.3) is 0 Å². The predicted octanol–water partition coefficient (Wildman–Crippen LogP) is 3.26. The third-order valence-electron chi connectivity index (χ3n) is 3.36. The van der Waals surface area contributed by atoms with Crippen LogP contribution in [0.4, 0.5) is 0 Å². The van der Waals surface area contributed by atoms with Crippen LogP contribution in [0.2, 0.25) is 0 Å². The van der Waals surface area contributed by atoms with Crippen LogP contribution in [0, 0.1) is 6.42 Å². The zero-order valence-electron chi connectivity index (χ0n) is 9.69. The molecule has 2 unspecified atom stereocenters. The Kier molecular flexibility index (Phi) is 3.42. The van der Waals surface area contributed by atoms with Gasteiger partial charge >= 0.3 is 0 Å². The highest BCUT2D eigenvalue weighted by atomic mass is 15.2. The van der Waals surface area contributed by atoms with Gasteiger partial charge in [0.1, 0.15) is 0 Å². The maximum Gasteiger partial charge on any atom is 0.0239 e. The summed E-state index contributed by atoms with van der Waals surface area (Å²) in [5.74, 6) is 0. The summed E-state index contributed by atoms with van der Waals surface area (Å²) in [4.78, 5) is 2.61. The van der Waals surface area contributed by atoms with Gasteiger partial charge in [-0.05, 0) is 38.7 Å². The van der Waals surface area contributed by atoms with E-state index in [1.165, 1.54) is 18.4 Å². The average Bonchev–Trinajstić information content (AvgIpc) is 2.25. The highest BCUT2D eigenvalue weighted by Crippen LogP contribution is 2.23. The molecule has 0 bridgehead atoms. The number of hydrogen-bond acceptors (Lipinski definition) is 1. The normalized spacial score (nSPS) is 27.9. The first-order chi connectivity index (χ1) is 7.27. The van der Waals surface area contributed by atoms with E-state index in [0.29, 0.717) is 12.1 Å². The van der Waals surface area contributed by atoms with E-state index in [1.807, 2.05) is 0 Å². The Balaban J connectivity index is 2.03. The minimum Gasteiger partial charge on any atom is -0.294 e. The number of benzene rings is 1. The molecule has 1 aromatic carbocycles. The quantitative estimate of drug-likeness (QED) is 0.711. The van der Waals surface area contributed by atoms with Gasteiger partial charge in [-0.2, -0.15) is 0 Å². The molecule has 1 aliphatic rings. The summed E-state index contributed by atoms with van der Waals surface area (Å²) in [7, 11) is 0. The van der Waals surface area contributed by atoms with Crippen LogP contribution >= 0.6 is 0 Å². The Labute approximate surface area is 93.1 Å². The van der Waals surface area contributed by atoms with Gasteiger partial charge in [-0.15, -0.1) is 0 Å². The zero-order chi connectivity index (χ0) is 10.7. The molecule has 2 rings (SSSR count). The fourth-order valence-electron chi connectivity index (χ4n) is 2.39. The van der Waals surface area contributed by atoms with Crippen LogP contribution in [0.25, 0.3) is 0 Å². The third kappa shape index (κ3) is 2.60. The minimum absolute atomic E-state index is 0.689. The van der Waals surface area contributed by atoms with Crippen LogP contribution < -0.4 is 0 Å². The van der Waals surface area contributed by atoms with Crippen LogP contribution in [0.1, 0.15) is 32.3 Å². The summed E-state index contributed by atoms with van der Waals surface area (Å²) in [6.45, 7) is 5.75. The van der Waals surface area contributed by atoms with Crippen LogP contribution in [-0.2, 0) is 6.54 Å². The first-order valence-electron chi connectivity index (χ1n) is 5.88. The Morgan fingerprint density at radius 2 is 1.67 bits per heavy atom. The molecule has 0 aliphatic carbocycles. The van der Waals surface area contributed by atoms with E-state index in [9.17, 15) is 0 Å². The van der Waals surface area contributed by atoms with E-state index in [-0.39, 0.29) is 0 Å². The minimum atomic E-state index is 0.689. The molecule has 1 aliphatic heterocycles. The Morgan fingerprint density at radius 3 is 2.27 bits per heavy atom. The van der Waals surface area contributed by atoms with Crippen LogP contribution in [-0.4, -0.2) is 17.0 Å². The van der Waals surface area contributed by atoms with Crippen molar-refractivity contribution >= 4 is 0 Å². The molecule has 1 heteroatoms. The first-order valence-corrected chi connectivity index (χ1v) is 5.88. The number of likely N-dealkylation sites (tertiary alicyclic amines) is 1. The van der Waals surface area contributed by atoms with Crippen LogP contribution in [0.5, 0.6) is 0 Å². The molecule has 1 fully saturated rings. The Morgan fingerprint density at radius 1 is 1.07 bits per heavy atom. The molecule has 0 spiro atoms. The SMILES string of the molecule is CC1C[CH]CC(C)N1Cc1ccccc1. The van der Waals surface area contributed by atoms with Gasteiger partial charge in [0, 0.05) is 18.6 Å². The van der Waals surface area contributed by atoms with Crippen LogP contribution in [0.15, 0.2) is 30.3 Å². The molecular formula is C14H20N. The molecule has 81 valence electrons. The van der Waals surface area contributed by atoms with Gasteiger partial charge in [-0.3, -0.25) is 4.90 Å². The highest BCUT2D eigenvalue weighted by Gasteiger charge is 2.24. The third-order valence-corrected chi connectivity index (χ3v) is 3.36. The summed E-state index contributed by atoms with van der Waals surface area (Å²) < 4.78 is 0. The zero-order valence-corrected chi connectivity index (χ0v) is 9.69. The number of rotatable bonds is 2. The van der Waals surface area contributed by atoms with Crippen molar-refractivity contribution < 1.29 is 0 Å². The molecule has 0 aromatic heterocycles. The molecule has 0 amide bonds. The van der Waals surface area contributed by atoms with Crippen molar-refractivity contribution in [2.45, 2.75) is 45.3 Å². The lowest BCUT2D eigenvalue weighted by Gasteiger charge is -2.38. The highest BCUT2D eigenvalue weighted by molar-refractivity contribution is 5.15. The molecule has 0 N–H and O–H groups in total. The second-order valence-corrected chi connectivity index (χ2v) is 4.62. The molecule has 2 atom stereocenters. The molecule has 1 radical (unpaired) electrons.